The first-order valence-electron chi connectivity index (χ1n) is 7.11. The average Bonchev–Trinajstić information content (AvgIpc) is 3.06. The first kappa shape index (κ1) is 15.0. The van der Waals surface area contributed by atoms with Crippen molar-refractivity contribution in [3.63, 3.8) is 0 Å². The van der Waals surface area contributed by atoms with Crippen LogP contribution in [-0.4, -0.2) is 33.5 Å². The molecule has 0 bridgehead atoms. The van der Waals surface area contributed by atoms with Gasteiger partial charge in [-0.15, -0.1) is 0 Å². The Morgan fingerprint density at radius 3 is 2.65 bits per heavy atom. The van der Waals surface area contributed by atoms with E-state index in [1.165, 1.54) is 4.90 Å². The lowest BCUT2D eigenvalue weighted by atomic mass is 10.2. The molecule has 0 radical (unpaired) electrons. The molecular weight excluding hydrogens is 298 g/mol. The third-order valence-corrected chi connectivity index (χ3v) is 3.54. The molecule has 23 heavy (non-hydrogen) atoms. The number of hydrogen-bond acceptors (Lipinski definition) is 5. The van der Waals surface area contributed by atoms with Gasteiger partial charge in [-0.3, -0.25) is 4.79 Å². The fraction of sp³-hybridized carbons (Fsp3) is 0.235. The van der Waals surface area contributed by atoms with Crippen LogP contribution in [0.4, 0.5) is 5.69 Å². The van der Waals surface area contributed by atoms with Gasteiger partial charge in [-0.1, -0.05) is 12.1 Å². The molecule has 0 fully saturated rings. The Hall–Kier alpha value is -2.89. The molecule has 120 valence electrons. The number of para-hydroxylation sites is 2. The molecule has 3 rings (SSSR count). The fourth-order valence-corrected chi connectivity index (χ4v) is 2.21. The van der Waals surface area contributed by atoms with Crippen LogP contribution in [0, 0.1) is 0 Å². The predicted molar refractivity (Wildman–Crippen MR) is 84.5 cm³/mol. The Bertz CT molecular complexity index is 716. The molecule has 0 saturated heterocycles. The van der Waals surface area contributed by atoms with Crippen molar-refractivity contribution in [2.75, 3.05) is 32.5 Å². The van der Waals surface area contributed by atoms with Crippen LogP contribution < -0.4 is 23.8 Å². The summed E-state index contributed by atoms with van der Waals surface area (Å²) >= 11 is 0. The maximum atomic E-state index is 12.3. The number of likely N-dealkylation sites (N-methyl/N-ethyl adjacent to an activating group) is 1. The zero-order valence-corrected chi connectivity index (χ0v) is 12.9. The summed E-state index contributed by atoms with van der Waals surface area (Å²) in [5, 5.41) is 0. The molecule has 0 spiro atoms. The van der Waals surface area contributed by atoms with Crippen molar-refractivity contribution in [3.05, 3.63) is 42.5 Å². The van der Waals surface area contributed by atoms with Crippen molar-refractivity contribution in [2.45, 2.75) is 0 Å². The first-order valence-corrected chi connectivity index (χ1v) is 7.11. The molecule has 1 amide bonds. The molecule has 0 aliphatic carbocycles. The molecule has 1 aliphatic heterocycles. The number of methoxy groups -OCH3 is 1. The fourth-order valence-electron chi connectivity index (χ4n) is 2.21. The van der Waals surface area contributed by atoms with Gasteiger partial charge in [0.25, 0.3) is 5.91 Å². The highest BCUT2D eigenvalue weighted by Gasteiger charge is 2.18. The van der Waals surface area contributed by atoms with Gasteiger partial charge >= 0.3 is 0 Å². The van der Waals surface area contributed by atoms with Crippen molar-refractivity contribution in [1.82, 2.24) is 0 Å². The minimum absolute atomic E-state index is 0.0919. The monoisotopic (exact) mass is 315 g/mol. The Morgan fingerprint density at radius 1 is 1.13 bits per heavy atom. The topological polar surface area (TPSA) is 57.2 Å². The van der Waals surface area contributed by atoms with Crippen LogP contribution in [0.3, 0.4) is 0 Å². The summed E-state index contributed by atoms with van der Waals surface area (Å²) < 4.78 is 21.3. The van der Waals surface area contributed by atoms with Crippen LogP contribution in [0.1, 0.15) is 0 Å². The largest absolute Gasteiger partial charge is 0.493 e. The number of amides is 1. The number of carbonyl (C=O) groups excluding carboxylic acids is 1. The van der Waals surface area contributed by atoms with Gasteiger partial charge < -0.3 is 23.8 Å². The molecule has 6 nitrogen and oxygen atoms in total. The van der Waals surface area contributed by atoms with Gasteiger partial charge in [0.15, 0.2) is 29.6 Å². The van der Waals surface area contributed by atoms with Gasteiger partial charge in [0.2, 0.25) is 6.79 Å². The third-order valence-electron chi connectivity index (χ3n) is 3.54. The Balaban J connectivity index is 1.66. The molecule has 0 N–H and O–H groups in total. The number of hydrogen-bond donors (Lipinski definition) is 0. The minimum atomic E-state index is -0.185. The second-order valence-corrected chi connectivity index (χ2v) is 4.93. The van der Waals surface area contributed by atoms with E-state index in [1.807, 2.05) is 12.1 Å². The van der Waals surface area contributed by atoms with Gasteiger partial charge in [-0.25, -0.2) is 0 Å². The predicted octanol–water partition coefficient (Wildman–Crippen LogP) is 2.47. The van der Waals surface area contributed by atoms with Crippen molar-refractivity contribution in [1.29, 1.82) is 0 Å². The average molecular weight is 315 g/mol. The summed E-state index contributed by atoms with van der Waals surface area (Å²) in [5.41, 5.74) is 0.711. The molecule has 0 atom stereocenters. The number of anilines is 1. The molecule has 0 saturated carbocycles. The molecule has 1 heterocycles. The number of rotatable bonds is 5. The number of nitrogens with zero attached hydrogens (tertiary/aromatic N) is 1. The van der Waals surface area contributed by atoms with Crippen molar-refractivity contribution in [3.8, 4) is 23.0 Å². The highest BCUT2D eigenvalue weighted by atomic mass is 16.7. The highest BCUT2D eigenvalue weighted by Crippen LogP contribution is 2.35. The second kappa shape index (κ2) is 6.48. The lowest BCUT2D eigenvalue weighted by Crippen LogP contribution is -2.31. The van der Waals surface area contributed by atoms with Gasteiger partial charge in [0.05, 0.1) is 7.11 Å². The Labute approximate surface area is 134 Å². The minimum Gasteiger partial charge on any atom is -0.493 e. The number of carbonyl (C=O) groups is 1. The maximum Gasteiger partial charge on any atom is 0.264 e. The molecule has 6 heteroatoms. The molecule has 0 unspecified atom stereocenters. The summed E-state index contributed by atoms with van der Waals surface area (Å²) in [6.07, 6.45) is 0. The summed E-state index contributed by atoms with van der Waals surface area (Å²) in [7, 11) is 3.24. The van der Waals surface area contributed by atoms with Crippen LogP contribution in [-0.2, 0) is 4.79 Å². The van der Waals surface area contributed by atoms with Gasteiger partial charge in [0, 0.05) is 18.8 Å². The number of ether oxygens (including phenoxy) is 4. The maximum absolute atomic E-state index is 12.3. The van der Waals surface area contributed by atoms with E-state index >= 15 is 0 Å². The van der Waals surface area contributed by atoms with Gasteiger partial charge in [-0.05, 0) is 24.3 Å². The summed E-state index contributed by atoms with van der Waals surface area (Å²) in [4.78, 5) is 13.8. The van der Waals surface area contributed by atoms with E-state index in [2.05, 4.69) is 0 Å². The van der Waals surface area contributed by atoms with Crippen molar-refractivity contribution >= 4 is 11.6 Å². The van der Waals surface area contributed by atoms with E-state index in [0.717, 1.165) is 0 Å². The van der Waals surface area contributed by atoms with E-state index in [9.17, 15) is 4.79 Å². The smallest absolute Gasteiger partial charge is 0.264 e. The van der Waals surface area contributed by atoms with Crippen LogP contribution >= 0.6 is 0 Å². The van der Waals surface area contributed by atoms with Crippen LogP contribution in [0.25, 0.3) is 0 Å². The molecule has 0 aromatic heterocycles. The van der Waals surface area contributed by atoms with E-state index in [1.54, 1.807) is 44.5 Å². The van der Waals surface area contributed by atoms with E-state index < -0.39 is 0 Å². The number of benzene rings is 2. The van der Waals surface area contributed by atoms with Crippen molar-refractivity contribution < 1.29 is 23.7 Å². The first-order chi connectivity index (χ1) is 11.2. The lowest BCUT2D eigenvalue weighted by Gasteiger charge is -2.18. The highest BCUT2D eigenvalue weighted by molar-refractivity contribution is 5.94. The van der Waals surface area contributed by atoms with Gasteiger partial charge in [0.1, 0.15) is 0 Å². The van der Waals surface area contributed by atoms with E-state index in [4.69, 9.17) is 18.9 Å². The quantitative estimate of drug-likeness (QED) is 0.848. The summed E-state index contributed by atoms with van der Waals surface area (Å²) in [5.74, 6) is 2.25. The second-order valence-electron chi connectivity index (χ2n) is 4.93. The standard InChI is InChI=1S/C17H17NO5/c1-18(12-7-8-15-16(9-12)23-11-22-15)17(19)10-21-14-6-4-3-5-13(14)20-2/h3-9H,10-11H2,1-2H3. The number of fused-ring (bicyclic) bond motifs is 1. The molecular formula is C17H17NO5. The summed E-state index contributed by atoms with van der Waals surface area (Å²) in [6, 6.07) is 12.5. The van der Waals surface area contributed by atoms with Crippen LogP contribution in [0.5, 0.6) is 23.0 Å². The van der Waals surface area contributed by atoms with E-state index in [-0.39, 0.29) is 19.3 Å². The lowest BCUT2D eigenvalue weighted by molar-refractivity contribution is -0.120. The molecule has 1 aliphatic rings. The molecule has 2 aromatic rings. The Kier molecular flexibility index (Phi) is 4.23. The van der Waals surface area contributed by atoms with Crippen LogP contribution in [0.2, 0.25) is 0 Å². The van der Waals surface area contributed by atoms with Gasteiger partial charge in [-0.2, -0.15) is 0 Å². The van der Waals surface area contributed by atoms with Crippen molar-refractivity contribution in [2.24, 2.45) is 0 Å². The third kappa shape index (κ3) is 3.15. The Morgan fingerprint density at radius 2 is 1.87 bits per heavy atom. The molecule has 2 aromatic carbocycles. The zero-order chi connectivity index (χ0) is 16.2. The zero-order valence-electron chi connectivity index (χ0n) is 12.9. The SMILES string of the molecule is COc1ccccc1OCC(=O)N(C)c1ccc2c(c1)OCO2. The van der Waals surface area contributed by atoms with Crippen LogP contribution in [0.15, 0.2) is 42.5 Å². The summed E-state index contributed by atoms with van der Waals surface area (Å²) in [6.45, 7) is 0.110. The van der Waals surface area contributed by atoms with E-state index in [0.29, 0.717) is 28.7 Å². The normalized spacial score (nSPS) is 11.9.